The maximum Gasteiger partial charge on any atom is 0.119 e. The van der Waals surface area contributed by atoms with E-state index in [4.69, 9.17) is 4.74 Å². The van der Waals surface area contributed by atoms with E-state index in [0.717, 1.165) is 32.0 Å². The number of rotatable bonds is 9. The monoisotopic (exact) mass is 264 g/mol. The Hall–Kier alpha value is -1.06. The van der Waals surface area contributed by atoms with Crippen molar-refractivity contribution in [1.82, 2.24) is 10.6 Å². The van der Waals surface area contributed by atoms with Crippen LogP contribution in [-0.4, -0.2) is 26.7 Å². The van der Waals surface area contributed by atoms with Crippen molar-refractivity contribution in [2.75, 3.05) is 26.7 Å². The Labute approximate surface area is 117 Å². The van der Waals surface area contributed by atoms with Crippen molar-refractivity contribution < 1.29 is 4.74 Å². The van der Waals surface area contributed by atoms with Crippen LogP contribution < -0.4 is 15.4 Å². The molecule has 1 aromatic rings. The van der Waals surface area contributed by atoms with Crippen LogP contribution in [0.25, 0.3) is 0 Å². The van der Waals surface area contributed by atoms with Crippen molar-refractivity contribution >= 4 is 0 Å². The summed E-state index contributed by atoms with van der Waals surface area (Å²) in [6.07, 6.45) is 0. The molecule has 19 heavy (non-hydrogen) atoms. The van der Waals surface area contributed by atoms with Crippen LogP contribution in [0.15, 0.2) is 24.3 Å². The van der Waals surface area contributed by atoms with Crippen LogP contribution in [0, 0.1) is 11.8 Å². The van der Waals surface area contributed by atoms with Gasteiger partial charge in [0.2, 0.25) is 0 Å². The molecule has 0 aliphatic heterocycles. The third-order valence-corrected chi connectivity index (χ3v) is 3.38. The minimum Gasteiger partial charge on any atom is -0.494 e. The zero-order valence-corrected chi connectivity index (χ0v) is 12.7. The molecular weight excluding hydrogens is 236 g/mol. The maximum absolute atomic E-state index is 5.44. The minimum atomic E-state index is 0.674. The van der Waals surface area contributed by atoms with Crippen LogP contribution in [0.2, 0.25) is 0 Å². The minimum absolute atomic E-state index is 0.674. The van der Waals surface area contributed by atoms with Crippen molar-refractivity contribution in [3.63, 3.8) is 0 Å². The molecule has 3 heteroatoms. The summed E-state index contributed by atoms with van der Waals surface area (Å²) in [6, 6.07) is 8.32. The lowest BCUT2D eigenvalue weighted by Gasteiger charge is -2.21. The predicted octanol–water partition coefficient (Wildman–Crippen LogP) is 2.67. The lowest BCUT2D eigenvalue weighted by Crippen LogP contribution is -2.32. The van der Waals surface area contributed by atoms with Gasteiger partial charge < -0.3 is 15.4 Å². The Kier molecular flexibility index (Phi) is 7.53. The third-order valence-electron chi connectivity index (χ3n) is 3.38. The lowest BCUT2D eigenvalue weighted by atomic mass is 9.96. The summed E-state index contributed by atoms with van der Waals surface area (Å²) in [6.45, 7) is 10.3. The number of nitrogens with one attached hydrogen (secondary N) is 2. The molecule has 2 N–H and O–H groups in total. The van der Waals surface area contributed by atoms with Crippen molar-refractivity contribution in [2.24, 2.45) is 11.8 Å². The molecule has 0 heterocycles. The van der Waals surface area contributed by atoms with Gasteiger partial charge in [-0.15, -0.1) is 0 Å². The fourth-order valence-electron chi connectivity index (χ4n) is 2.08. The van der Waals surface area contributed by atoms with E-state index in [1.54, 1.807) is 0 Å². The van der Waals surface area contributed by atoms with Crippen molar-refractivity contribution in [3.05, 3.63) is 29.8 Å². The summed E-state index contributed by atoms with van der Waals surface area (Å²) in [5.74, 6) is 2.31. The first-order valence-electron chi connectivity index (χ1n) is 7.24. The second-order valence-corrected chi connectivity index (χ2v) is 5.27. The highest BCUT2D eigenvalue weighted by Crippen LogP contribution is 2.12. The van der Waals surface area contributed by atoms with Crippen LogP contribution in [0.4, 0.5) is 0 Å². The first-order valence-corrected chi connectivity index (χ1v) is 7.24. The summed E-state index contributed by atoms with van der Waals surface area (Å²) in [5.41, 5.74) is 1.30. The van der Waals surface area contributed by atoms with E-state index in [9.17, 15) is 0 Å². The van der Waals surface area contributed by atoms with Gasteiger partial charge in [0.25, 0.3) is 0 Å². The molecule has 1 atom stereocenters. The number of ether oxygens (including phenoxy) is 1. The SMILES string of the molecule is CCOc1ccc(CNCC(CNC)C(C)C)cc1. The average Bonchev–Trinajstić information content (AvgIpc) is 2.40. The van der Waals surface area contributed by atoms with Crippen molar-refractivity contribution in [1.29, 1.82) is 0 Å². The molecule has 0 radical (unpaired) electrons. The molecule has 108 valence electrons. The van der Waals surface area contributed by atoms with Crippen LogP contribution >= 0.6 is 0 Å². The Morgan fingerprint density at radius 3 is 2.32 bits per heavy atom. The van der Waals surface area contributed by atoms with Gasteiger partial charge in [-0.2, -0.15) is 0 Å². The standard InChI is InChI=1S/C16H28N2O/c1-5-19-16-8-6-14(7-9-16)10-18-12-15(11-17-4)13(2)3/h6-9,13,15,17-18H,5,10-12H2,1-4H3. The third kappa shape index (κ3) is 6.08. The molecule has 3 nitrogen and oxygen atoms in total. The number of hydrogen-bond donors (Lipinski definition) is 2. The van der Waals surface area contributed by atoms with Gasteiger partial charge in [-0.25, -0.2) is 0 Å². The molecule has 1 rings (SSSR count). The molecule has 0 aliphatic rings. The Morgan fingerprint density at radius 2 is 1.79 bits per heavy atom. The highest BCUT2D eigenvalue weighted by Gasteiger charge is 2.11. The Balaban J connectivity index is 2.35. The van der Waals surface area contributed by atoms with Gasteiger partial charge >= 0.3 is 0 Å². The van der Waals surface area contributed by atoms with Crippen LogP contribution in [-0.2, 0) is 6.54 Å². The molecule has 1 aromatic carbocycles. The highest BCUT2D eigenvalue weighted by molar-refractivity contribution is 5.27. The second-order valence-electron chi connectivity index (χ2n) is 5.27. The summed E-state index contributed by atoms with van der Waals surface area (Å²) in [5, 5.41) is 6.80. The Bertz CT molecular complexity index is 335. The van der Waals surface area contributed by atoms with E-state index in [-0.39, 0.29) is 0 Å². The lowest BCUT2D eigenvalue weighted by molar-refractivity contribution is 0.340. The first-order chi connectivity index (χ1) is 9.17. The van der Waals surface area contributed by atoms with Crippen LogP contribution in [0.1, 0.15) is 26.3 Å². The van der Waals surface area contributed by atoms with Gasteiger partial charge in [-0.05, 0) is 56.6 Å². The van der Waals surface area contributed by atoms with Crippen LogP contribution in [0.5, 0.6) is 5.75 Å². The first kappa shape index (κ1) is 16.0. The molecule has 0 spiro atoms. The largest absolute Gasteiger partial charge is 0.494 e. The fraction of sp³-hybridized carbons (Fsp3) is 0.625. The summed E-state index contributed by atoms with van der Waals surface area (Å²) < 4.78 is 5.44. The molecule has 0 bridgehead atoms. The molecule has 1 unspecified atom stereocenters. The molecular formula is C16H28N2O. The highest BCUT2D eigenvalue weighted by atomic mass is 16.5. The van der Waals surface area contributed by atoms with Gasteiger partial charge in [-0.1, -0.05) is 26.0 Å². The predicted molar refractivity (Wildman–Crippen MR) is 81.6 cm³/mol. The van der Waals surface area contributed by atoms with E-state index in [1.807, 2.05) is 26.1 Å². The molecule has 0 amide bonds. The van der Waals surface area contributed by atoms with Gasteiger partial charge in [-0.3, -0.25) is 0 Å². The molecule has 0 saturated heterocycles. The Morgan fingerprint density at radius 1 is 1.11 bits per heavy atom. The van der Waals surface area contributed by atoms with Gasteiger partial charge in [0.05, 0.1) is 6.61 Å². The molecule has 0 saturated carbocycles. The van der Waals surface area contributed by atoms with Gasteiger partial charge in [0.1, 0.15) is 5.75 Å². The maximum atomic E-state index is 5.44. The molecule has 0 aliphatic carbocycles. The van der Waals surface area contributed by atoms with E-state index in [2.05, 4.69) is 36.6 Å². The van der Waals surface area contributed by atoms with Crippen LogP contribution in [0.3, 0.4) is 0 Å². The number of benzene rings is 1. The topological polar surface area (TPSA) is 33.3 Å². The summed E-state index contributed by atoms with van der Waals surface area (Å²) in [4.78, 5) is 0. The van der Waals surface area contributed by atoms with Gasteiger partial charge in [0.15, 0.2) is 0 Å². The normalized spacial score (nSPS) is 12.7. The molecule has 0 fully saturated rings. The summed E-state index contributed by atoms with van der Waals surface area (Å²) >= 11 is 0. The van der Waals surface area contributed by atoms with E-state index >= 15 is 0 Å². The molecule has 0 aromatic heterocycles. The second kappa shape index (κ2) is 8.94. The quantitative estimate of drug-likeness (QED) is 0.719. The average molecular weight is 264 g/mol. The van der Waals surface area contributed by atoms with Crippen molar-refractivity contribution in [3.8, 4) is 5.75 Å². The zero-order valence-electron chi connectivity index (χ0n) is 12.7. The van der Waals surface area contributed by atoms with E-state index < -0.39 is 0 Å². The smallest absolute Gasteiger partial charge is 0.119 e. The number of hydrogen-bond acceptors (Lipinski definition) is 3. The summed E-state index contributed by atoms with van der Waals surface area (Å²) in [7, 11) is 2.02. The zero-order chi connectivity index (χ0) is 14.1. The van der Waals surface area contributed by atoms with E-state index in [1.165, 1.54) is 5.56 Å². The van der Waals surface area contributed by atoms with E-state index in [0.29, 0.717) is 11.8 Å². The van der Waals surface area contributed by atoms with Crippen molar-refractivity contribution in [2.45, 2.75) is 27.3 Å². The van der Waals surface area contributed by atoms with Gasteiger partial charge in [0, 0.05) is 6.54 Å². The fourth-order valence-corrected chi connectivity index (χ4v) is 2.08.